The van der Waals surface area contributed by atoms with E-state index in [0.29, 0.717) is 24.5 Å². The van der Waals surface area contributed by atoms with Crippen LogP contribution < -0.4 is 9.62 Å². The number of hydrogen-bond donors (Lipinski definition) is 1. The quantitative estimate of drug-likeness (QED) is 0.662. The smallest absolute Gasteiger partial charge is 0.225 e. The summed E-state index contributed by atoms with van der Waals surface area (Å²) in [6.45, 7) is 4.04. The van der Waals surface area contributed by atoms with Gasteiger partial charge in [-0.2, -0.15) is 5.10 Å². The minimum absolute atomic E-state index is 0.0981. The van der Waals surface area contributed by atoms with Crippen LogP contribution >= 0.6 is 11.6 Å². The van der Waals surface area contributed by atoms with Crippen LogP contribution in [0.3, 0.4) is 0 Å². The zero-order valence-corrected chi connectivity index (χ0v) is 19.4. The second-order valence-electron chi connectivity index (χ2n) is 8.18. The van der Waals surface area contributed by atoms with Gasteiger partial charge in [0.25, 0.3) is 0 Å². The maximum absolute atomic E-state index is 11.9. The molecule has 4 rings (SSSR count). The van der Waals surface area contributed by atoms with Crippen molar-refractivity contribution < 1.29 is 13.2 Å². The van der Waals surface area contributed by atoms with Crippen molar-refractivity contribution in [3.05, 3.63) is 34.9 Å². The number of rotatable bonds is 7. The Hall–Kier alpha value is -1.75. The van der Waals surface area contributed by atoms with Crippen molar-refractivity contribution in [3.8, 4) is 0 Å². The molecule has 1 fully saturated rings. The third-order valence-electron chi connectivity index (χ3n) is 5.96. The number of fused-ring (bicyclic) bond motifs is 1. The van der Waals surface area contributed by atoms with Crippen LogP contribution in [0, 0.1) is 0 Å². The number of hydrogen-bond acceptors (Lipinski definition) is 7. The number of anilines is 1. The van der Waals surface area contributed by atoms with Gasteiger partial charge in [-0.15, -0.1) is 0 Å². The lowest BCUT2D eigenvalue weighted by molar-refractivity contribution is 0.00600. The zero-order valence-electron chi connectivity index (χ0n) is 17.9. The molecule has 4 heterocycles. The van der Waals surface area contributed by atoms with Gasteiger partial charge in [0, 0.05) is 31.5 Å². The molecule has 170 valence electrons. The molecule has 2 aromatic rings. The predicted octanol–water partition coefficient (Wildman–Crippen LogP) is 1.98. The molecule has 1 N–H and O–H groups in total. The lowest BCUT2D eigenvalue weighted by Gasteiger charge is -2.36. The minimum atomic E-state index is -3.35. The van der Waals surface area contributed by atoms with Gasteiger partial charge in [0.2, 0.25) is 16.0 Å². The number of nitrogens with zero attached hydrogens (tertiary/aromatic N) is 5. The molecule has 0 unspecified atom stereocenters. The van der Waals surface area contributed by atoms with Crippen molar-refractivity contribution in [3.63, 3.8) is 0 Å². The van der Waals surface area contributed by atoms with E-state index in [4.69, 9.17) is 21.4 Å². The van der Waals surface area contributed by atoms with Gasteiger partial charge in [-0.05, 0) is 38.2 Å². The Kier molecular flexibility index (Phi) is 6.80. The van der Waals surface area contributed by atoms with E-state index in [1.54, 1.807) is 12.4 Å². The normalized spacial score (nSPS) is 22.5. The number of piperidine rings is 1. The highest BCUT2D eigenvalue weighted by atomic mass is 35.5. The monoisotopic (exact) mass is 468 g/mol. The highest BCUT2D eigenvalue weighted by Gasteiger charge is 2.35. The minimum Gasteiger partial charge on any atom is -0.376 e. The topological polar surface area (TPSA) is 102 Å². The van der Waals surface area contributed by atoms with Gasteiger partial charge in [0.15, 0.2) is 0 Å². The molecular formula is C20H29ClN6O3S. The molecule has 1 saturated heterocycles. The standard InChI is InChI=1S/C20H29ClN6O3S/c1-3-15-19(21)17-6-5-16(25-31(2,28)29)18(27(17)24-15)13-30-14-7-11-26(12-8-14)20-22-9-4-10-23-20/h4,9-10,14,16,18,25H,3,5-8,11-13H2,1-2H3/t16-,18-/m0/s1. The largest absolute Gasteiger partial charge is 0.376 e. The van der Waals surface area contributed by atoms with E-state index in [2.05, 4.69) is 19.6 Å². The first kappa shape index (κ1) is 22.4. The Labute approximate surface area is 188 Å². The van der Waals surface area contributed by atoms with Gasteiger partial charge < -0.3 is 9.64 Å². The molecule has 31 heavy (non-hydrogen) atoms. The lowest BCUT2D eigenvalue weighted by Crippen LogP contribution is -2.47. The first-order valence-electron chi connectivity index (χ1n) is 10.7. The molecule has 0 amide bonds. The molecule has 2 aromatic heterocycles. The summed E-state index contributed by atoms with van der Waals surface area (Å²) in [6, 6.07) is 1.30. The second-order valence-corrected chi connectivity index (χ2v) is 10.3. The molecule has 0 aliphatic carbocycles. The Morgan fingerprint density at radius 3 is 2.58 bits per heavy atom. The molecule has 2 aliphatic rings. The van der Waals surface area contributed by atoms with Crippen LogP contribution in [0.1, 0.15) is 43.6 Å². The Morgan fingerprint density at radius 2 is 1.94 bits per heavy atom. The van der Waals surface area contributed by atoms with E-state index >= 15 is 0 Å². The fourth-order valence-corrected chi connectivity index (χ4v) is 5.57. The molecule has 2 atom stereocenters. The summed E-state index contributed by atoms with van der Waals surface area (Å²) < 4.78 is 34.8. The molecule has 11 heteroatoms. The van der Waals surface area contributed by atoms with Crippen LogP contribution in [-0.4, -0.2) is 66.3 Å². The van der Waals surface area contributed by atoms with Gasteiger partial charge in [0.05, 0.1) is 41.4 Å². The third kappa shape index (κ3) is 5.19. The number of aromatic nitrogens is 4. The molecule has 0 bridgehead atoms. The molecule has 0 aromatic carbocycles. The van der Waals surface area contributed by atoms with Crippen LogP contribution in [0.2, 0.25) is 5.02 Å². The number of nitrogens with one attached hydrogen (secondary N) is 1. The highest BCUT2D eigenvalue weighted by Crippen LogP contribution is 2.33. The van der Waals surface area contributed by atoms with Crippen molar-refractivity contribution in [2.75, 3.05) is 30.9 Å². The van der Waals surface area contributed by atoms with Crippen LogP contribution in [0.5, 0.6) is 0 Å². The maximum Gasteiger partial charge on any atom is 0.225 e. The number of aryl methyl sites for hydroxylation is 1. The fourth-order valence-electron chi connectivity index (χ4n) is 4.39. The summed E-state index contributed by atoms with van der Waals surface area (Å²) >= 11 is 6.53. The van der Waals surface area contributed by atoms with E-state index in [1.165, 1.54) is 6.26 Å². The number of sulfonamides is 1. The Morgan fingerprint density at radius 1 is 1.23 bits per heavy atom. The Bertz CT molecular complexity index is 992. The van der Waals surface area contributed by atoms with Crippen molar-refractivity contribution in [1.29, 1.82) is 0 Å². The predicted molar refractivity (Wildman–Crippen MR) is 119 cm³/mol. The lowest BCUT2D eigenvalue weighted by atomic mass is 9.98. The average Bonchev–Trinajstić information content (AvgIpc) is 3.08. The summed E-state index contributed by atoms with van der Waals surface area (Å²) in [4.78, 5) is 10.8. The first-order valence-corrected chi connectivity index (χ1v) is 13.0. The average molecular weight is 469 g/mol. The van der Waals surface area contributed by atoms with Crippen molar-refractivity contribution in [1.82, 2.24) is 24.5 Å². The van der Waals surface area contributed by atoms with Crippen LogP contribution in [-0.2, 0) is 27.6 Å². The molecule has 9 nitrogen and oxygen atoms in total. The van der Waals surface area contributed by atoms with Gasteiger partial charge in [-0.3, -0.25) is 4.68 Å². The number of halogens is 1. The van der Waals surface area contributed by atoms with Gasteiger partial charge >= 0.3 is 0 Å². The number of ether oxygens (including phenoxy) is 1. The second kappa shape index (κ2) is 9.40. The van der Waals surface area contributed by atoms with E-state index < -0.39 is 10.0 Å². The van der Waals surface area contributed by atoms with Gasteiger partial charge in [-0.25, -0.2) is 23.1 Å². The van der Waals surface area contributed by atoms with Crippen LogP contribution in [0.15, 0.2) is 18.5 Å². The maximum atomic E-state index is 11.9. The SMILES string of the molecule is CCc1nn2c(c1Cl)CC[C@H](NS(C)(=O)=O)[C@@H]2COC1CCN(c2ncccn2)CC1. The zero-order chi connectivity index (χ0) is 22.0. The molecular weight excluding hydrogens is 440 g/mol. The molecule has 0 radical (unpaired) electrons. The van der Waals surface area contributed by atoms with Crippen LogP contribution in [0.25, 0.3) is 0 Å². The van der Waals surface area contributed by atoms with E-state index in [9.17, 15) is 8.42 Å². The first-order chi connectivity index (χ1) is 14.9. The summed E-state index contributed by atoms with van der Waals surface area (Å²) in [7, 11) is -3.35. The van der Waals surface area contributed by atoms with Gasteiger partial charge in [-0.1, -0.05) is 18.5 Å². The summed E-state index contributed by atoms with van der Waals surface area (Å²) in [6.07, 6.45) is 8.60. The third-order valence-corrected chi connectivity index (χ3v) is 7.13. The molecule has 0 spiro atoms. The fraction of sp³-hybridized carbons (Fsp3) is 0.650. The Balaban J connectivity index is 1.44. The summed E-state index contributed by atoms with van der Waals surface area (Å²) in [5.41, 5.74) is 1.81. The molecule has 2 aliphatic heterocycles. The van der Waals surface area contributed by atoms with Crippen molar-refractivity contribution in [2.45, 2.75) is 57.2 Å². The molecule has 0 saturated carbocycles. The van der Waals surface area contributed by atoms with Crippen LogP contribution in [0.4, 0.5) is 5.95 Å². The summed E-state index contributed by atoms with van der Waals surface area (Å²) in [5.74, 6) is 0.744. The van der Waals surface area contributed by atoms with E-state index in [0.717, 1.165) is 49.7 Å². The van der Waals surface area contributed by atoms with Gasteiger partial charge in [0.1, 0.15) is 0 Å². The van der Waals surface area contributed by atoms with E-state index in [-0.39, 0.29) is 18.2 Å². The van der Waals surface area contributed by atoms with Crippen molar-refractivity contribution >= 4 is 27.6 Å². The van der Waals surface area contributed by atoms with Crippen molar-refractivity contribution in [2.24, 2.45) is 0 Å². The summed E-state index contributed by atoms with van der Waals surface area (Å²) in [5, 5.41) is 5.39. The van der Waals surface area contributed by atoms with E-state index in [1.807, 2.05) is 17.7 Å². The highest BCUT2D eigenvalue weighted by molar-refractivity contribution is 7.88.